The van der Waals surface area contributed by atoms with E-state index in [1.165, 1.54) is 0 Å². The van der Waals surface area contributed by atoms with Crippen molar-refractivity contribution in [3.63, 3.8) is 0 Å². The molecule has 150 valence electrons. The van der Waals surface area contributed by atoms with E-state index in [2.05, 4.69) is 5.32 Å². The highest BCUT2D eigenvalue weighted by molar-refractivity contribution is 7.92. The van der Waals surface area contributed by atoms with Crippen LogP contribution in [0.1, 0.15) is 18.5 Å². The fraction of sp³-hybridized carbons (Fsp3) is 0.316. The molecule has 0 aliphatic carbocycles. The first-order valence-electron chi connectivity index (χ1n) is 8.58. The number of nitrogens with zero attached hydrogens (tertiary/aromatic N) is 1. The highest BCUT2D eigenvalue weighted by Gasteiger charge is 2.24. The molecule has 1 heterocycles. The molecule has 2 aromatic carbocycles. The van der Waals surface area contributed by atoms with Gasteiger partial charge in [0.25, 0.3) is 0 Å². The largest absolute Gasteiger partial charge is 0.497 e. The molecule has 0 fully saturated rings. The smallest absolute Gasteiger partial charge is 0.241 e. The summed E-state index contributed by atoms with van der Waals surface area (Å²) in [6.45, 7) is 1.56. The maximum Gasteiger partial charge on any atom is 0.241 e. The van der Waals surface area contributed by atoms with E-state index in [4.69, 9.17) is 14.2 Å². The van der Waals surface area contributed by atoms with Gasteiger partial charge in [-0.3, -0.25) is 9.10 Å². The third-order valence-electron chi connectivity index (χ3n) is 4.32. The number of carbonyl (C=O) groups is 1. The fourth-order valence-electron chi connectivity index (χ4n) is 2.83. The zero-order chi connectivity index (χ0) is 20.3. The van der Waals surface area contributed by atoms with E-state index in [9.17, 15) is 13.2 Å². The lowest BCUT2D eigenvalue weighted by molar-refractivity contribution is -0.120. The molecule has 28 heavy (non-hydrogen) atoms. The summed E-state index contributed by atoms with van der Waals surface area (Å²) in [6, 6.07) is 11.7. The van der Waals surface area contributed by atoms with Crippen molar-refractivity contribution in [2.45, 2.75) is 13.0 Å². The van der Waals surface area contributed by atoms with Crippen molar-refractivity contribution >= 4 is 21.6 Å². The predicted molar refractivity (Wildman–Crippen MR) is 104 cm³/mol. The first-order chi connectivity index (χ1) is 13.3. The Kier molecular flexibility index (Phi) is 5.64. The lowest BCUT2D eigenvalue weighted by atomic mass is 10.1. The molecule has 1 N–H and O–H groups in total. The molecule has 0 spiro atoms. The summed E-state index contributed by atoms with van der Waals surface area (Å²) in [5.41, 5.74) is 1.21. The van der Waals surface area contributed by atoms with Crippen molar-refractivity contribution in [3.8, 4) is 17.2 Å². The van der Waals surface area contributed by atoms with Crippen molar-refractivity contribution in [1.82, 2.24) is 5.32 Å². The van der Waals surface area contributed by atoms with E-state index >= 15 is 0 Å². The van der Waals surface area contributed by atoms with Crippen molar-refractivity contribution < 1.29 is 27.4 Å². The van der Waals surface area contributed by atoms with Gasteiger partial charge >= 0.3 is 0 Å². The van der Waals surface area contributed by atoms with E-state index in [1.54, 1.807) is 37.4 Å². The first kappa shape index (κ1) is 19.8. The van der Waals surface area contributed by atoms with Crippen molar-refractivity contribution in [3.05, 3.63) is 48.0 Å². The molecule has 0 radical (unpaired) electrons. The quantitative estimate of drug-likeness (QED) is 0.757. The minimum absolute atomic E-state index is 0.0809. The standard InChI is InChI=1S/C19H22N2O6S/c1-13(14-4-7-16(25-2)8-5-14)20-19(22)11-21(28(3,23)24)15-6-9-17-18(10-15)27-12-26-17/h4-10,13H,11-12H2,1-3H3,(H,20,22)/t13-/m0/s1. The van der Waals surface area contributed by atoms with Crippen molar-refractivity contribution in [2.75, 3.05) is 31.0 Å². The monoisotopic (exact) mass is 406 g/mol. The number of hydrogen-bond donors (Lipinski definition) is 1. The van der Waals surface area contributed by atoms with Gasteiger partial charge in [-0.1, -0.05) is 12.1 Å². The Morgan fingerprint density at radius 1 is 1.18 bits per heavy atom. The number of sulfonamides is 1. The van der Waals surface area contributed by atoms with Crippen molar-refractivity contribution in [1.29, 1.82) is 0 Å². The minimum atomic E-state index is -3.68. The van der Waals surface area contributed by atoms with Gasteiger partial charge in [-0.25, -0.2) is 8.42 Å². The van der Waals surface area contributed by atoms with Crippen LogP contribution in [-0.4, -0.2) is 41.0 Å². The Balaban J connectivity index is 1.73. The molecular formula is C19H22N2O6S. The number of methoxy groups -OCH3 is 1. The van der Waals surface area contributed by atoms with Crippen LogP contribution in [0.25, 0.3) is 0 Å². The molecule has 0 aromatic heterocycles. The number of carbonyl (C=O) groups excluding carboxylic acids is 1. The van der Waals surface area contributed by atoms with Gasteiger partial charge in [0, 0.05) is 6.07 Å². The second-order valence-electron chi connectivity index (χ2n) is 6.37. The summed E-state index contributed by atoms with van der Waals surface area (Å²) in [4.78, 5) is 12.5. The Morgan fingerprint density at radius 2 is 1.86 bits per heavy atom. The highest BCUT2D eigenvalue weighted by atomic mass is 32.2. The maximum absolute atomic E-state index is 12.5. The van der Waals surface area contributed by atoms with Crippen LogP contribution in [-0.2, 0) is 14.8 Å². The number of rotatable bonds is 7. The van der Waals surface area contributed by atoms with Crippen LogP contribution in [0.2, 0.25) is 0 Å². The second kappa shape index (κ2) is 7.97. The molecule has 1 atom stereocenters. The van der Waals surface area contributed by atoms with Gasteiger partial charge in [0.1, 0.15) is 12.3 Å². The first-order valence-corrected chi connectivity index (χ1v) is 10.4. The lowest BCUT2D eigenvalue weighted by Crippen LogP contribution is -2.41. The summed E-state index contributed by atoms with van der Waals surface area (Å²) in [6.07, 6.45) is 1.05. The van der Waals surface area contributed by atoms with Crippen LogP contribution < -0.4 is 23.8 Å². The van der Waals surface area contributed by atoms with Crippen LogP contribution in [0, 0.1) is 0 Å². The lowest BCUT2D eigenvalue weighted by Gasteiger charge is -2.23. The molecule has 1 amide bonds. The second-order valence-corrected chi connectivity index (χ2v) is 8.28. The van der Waals surface area contributed by atoms with Crippen molar-refractivity contribution in [2.24, 2.45) is 0 Å². The topological polar surface area (TPSA) is 94.2 Å². The zero-order valence-corrected chi connectivity index (χ0v) is 16.7. The number of anilines is 1. The van der Waals surface area contributed by atoms with Gasteiger partial charge in [-0.2, -0.15) is 0 Å². The summed E-state index contributed by atoms with van der Waals surface area (Å²) in [5.74, 6) is 1.27. The molecule has 0 bridgehead atoms. The van der Waals surface area contributed by atoms with Crippen LogP contribution in [0.3, 0.4) is 0 Å². The molecule has 2 aromatic rings. The number of amides is 1. The molecule has 1 aliphatic rings. The normalized spacial score (nSPS) is 13.7. The summed E-state index contributed by atoms with van der Waals surface area (Å²) >= 11 is 0. The number of hydrogen-bond acceptors (Lipinski definition) is 6. The molecule has 0 saturated carbocycles. The molecule has 1 aliphatic heterocycles. The minimum Gasteiger partial charge on any atom is -0.497 e. The zero-order valence-electron chi connectivity index (χ0n) is 15.8. The average Bonchev–Trinajstić information content (AvgIpc) is 3.13. The summed E-state index contributed by atoms with van der Waals surface area (Å²) < 4.78 is 41.2. The van der Waals surface area contributed by atoms with Gasteiger partial charge < -0.3 is 19.5 Å². The number of ether oxygens (including phenoxy) is 3. The maximum atomic E-state index is 12.5. The SMILES string of the molecule is COc1ccc([C@H](C)NC(=O)CN(c2ccc3c(c2)OCO3)S(C)(=O)=O)cc1. The van der Waals surface area contributed by atoms with Crippen LogP contribution in [0.5, 0.6) is 17.2 Å². The van der Waals surface area contributed by atoms with Gasteiger partial charge in [-0.05, 0) is 36.8 Å². The van der Waals surface area contributed by atoms with E-state index in [-0.39, 0.29) is 19.4 Å². The summed E-state index contributed by atoms with van der Waals surface area (Å²) in [5, 5.41) is 2.82. The van der Waals surface area contributed by atoms with E-state index in [1.807, 2.05) is 19.1 Å². The third-order valence-corrected chi connectivity index (χ3v) is 5.47. The van der Waals surface area contributed by atoms with Gasteiger partial charge in [0.15, 0.2) is 11.5 Å². The number of benzene rings is 2. The van der Waals surface area contributed by atoms with Gasteiger partial charge in [0.05, 0.1) is 25.1 Å². The molecule has 0 saturated heterocycles. The Bertz CT molecular complexity index is 959. The molecular weight excluding hydrogens is 384 g/mol. The Labute approximate surface area is 164 Å². The number of fused-ring (bicyclic) bond motifs is 1. The fourth-order valence-corrected chi connectivity index (χ4v) is 3.68. The highest BCUT2D eigenvalue weighted by Crippen LogP contribution is 2.36. The van der Waals surface area contributed by atoms with Gasteiger partial charge in [0.2, 0.25) is 22.7 Å². The van der Waals surface area contributed by atoms with Gasteiger partial charge in [-0.15, -0.1) is 0 Å². The van der Waals surface area contributed by atoms with Crippen LogP contribution in [0.4, 0.5) is 5.69 Å². The molecule has 8 nitrogen and oxygen atoms in total. The number of nitrogens with one attached hydrogen (secondary N) is 1. The predicted octanol–water partition coefficient (Wildman–Crippen LogP) is 2.07. The molecule has 3 rings (SSSR count). The van der Waals surface area contributed by atoms with E-state index in [0.29, 0.717) is 22.9 Å². The van der Waals surface area contributed by atoms with E-state index < -0.39 is 15.9 Å². The van der Waals surface area contributed by atoms with E-state index in [0.717, 1.165) is 16.1 Å². The Morgan fingerprint density at radius 3 is 2.50 bits per heavy atom. The van der Waals surface area contributed by atoms with Crippen LogP contribution >= 0.6 is 0 Å². The van der Waals surface area contributed by atoms with Crippen LogP contribution in [0.15, 0.2) is 42.5 Å². The molecule has 0 unspecified atom stereocenters. The average molecular weight is 406 g/mol. The molecule has 9 heteroatoms. The Hall–Kier alpha value is -2.94. The summed E-state index contributed by atoms with van der Waals surface area (Å²) in [7, 11) is -2.10. The third kappa shape index (κ3) is 4.48.